The van der Waals surface area contributed by atoms with Crippen molar-refractivity contribution in [1.82, 2.24) is 24.9 Å². The van der Waals surface area contributed by atoms with Crippen LogP contribution >= 0.6 is 0 Å². The molecule has 3 aromatic rings. The third kappa shape index (κ3) is 3.88. The predicted octanol–water partition coefficient (Wildman–Crippen LogP) is 1.73. The van der Waals surface area contributed by atoms with Gasteiger partial charge >= 0.3 is 0 Å². The number of β-amino-alcohol motifs (C(OH)–C–C–N with tert-alkyl or cyclic N) is 1. The van der Waals surface area contributed by atoms with Gasteiger partial charge in [-0.15, -0.1) is 5.10 Å². The molecule has 0 bridgehead atoms. The highest BCUT2D eigenvalue weighted by Gasteiger charge is 2.23. The highest BCUT2D eigenvalue weighted by Crippen LogP contribution is 2.21. The Labute approximate surface area is 154 Å². The summed E-state index contributed by atoms with van der Waals surface area (Å²) >= 11 is 0. The number of aliphatic hydroxyl groups is 1. The van der Waals surface area contributed by atoms with Gasteiger partial charge in [0.1, 0.15) is 0 Å². The van der Waals surface area contributed by atoms with Crippen LogP contribution in [0.4, 0.5) is 14.7 Å². The minimum Gasteiger partial charge on any atom is -0.390 e. The molecule has 0 aromatic carbocycles. The molecule has 7 nitrogen and oxygen atoms in total. The summed E-state index contributed by atoms with van der Waals surface area (Å²) in [6, 6.07) is 6.98. The van der Waals surface area contributed by atoms with Crippen LogP contribution in [0.5, 0.6) is 0 Å². The van der Waals surface area contributed by atoms with Crippen LogP contribution in [0.3, 0.4) is 0 Å². The van der Waals surface area contributed by atoms with Crippen LogP contribution < -0.4 is 10.6 Å². The van der Waals surface area contributed by atoms with Crippen molar-refractivity contribution in [2.45, 2.75) is 31.4 Å². The molecule has 0 saturated carbocycles. The number of anilines is 1. The lowest BCUT2D eigenvalue weighted by Gasteiger charge is -2.28. The summed E-state index contributed by atoms with van der Waals surface area (Å²) in [5, 5.41) is 20.9. The fraction of sp³-hybridized carbons (Fsp3) is 0.389. The van der Waals surface area contributed by atoms with Crippen LogP contribution in [0.25, 0.3) is 16.9 Å². The van der Waals surface area contributed by atoms with Gasteiger partial charge in [-0.05, 0) is 36.7 Å². The molecular weight excluding hydrogens is 354 g/mol. The van der Waals surface area contributed by atoms with Gasteiger partial charge in [-0.25, -0.2) is 18.3 Å². The van der Waals surface area contributed by atoms with E-state index >= 15 is 0 Å². The Morgan fingerprint density at radius 2 is 2.11 bits per heavy atom. The monoisotopic (exact) mass is 374 g/mol. The van der Waals surface area contributed by atoms with Crippen molar-refractivity contribution in [2.75, 3.05) is 18.4 Å². The number of hydrogen-bond donors (Lipinski definition) is 3. The van der Waals surface area contributed by atoms with Gasteiger partial charge in [-0.3, -0.25) is 4.98 Å². The van der Waals surface area contributed by atoms with Gasteiger partial charge in [0.15, 0.2) is 0 Å². The lowest BCUT2D eigenvalue weighted by molar-refractivity contribution is 0.128. The maximum absolute atomic E-state index is 12.5. The first-order valence-corrected chi connectivity index (χ1v) is 8.84. The van der Waals surface area contributed by atoms with Gasteiger partial charge in [-0.2, -0.15) is 0 Å². The van der Waals surface area contributed by atoms with Crippen LogP contribution in [-0.2, 0) is 6.42 Å². The number of rotatable bonds is 5. The summed E-state index contributed by atoms with van der Waals surface area (Å²) in [5.41, 5.74) is 2.66. The topological polar surface area (TPSA) is 87.4 Å². The number of pyridine rings is 1. The van der Waals surface area contributed by atoms with E-state index in [4.69, 9.17) is 0 Å². The van der Waals surface area contributed by atoms with Crippen molar-refractivity contribution >= 4 is 11.5 Å². The second-order valence-electron chi connectivity index (χ2n) is 6.59. The van der Waals surface area contributed by atoms with E-state index in [1.807, 2.05) is 12.1 Å². The number of nitrogens with one attached hydrogen (secondary N) is 2. The zero-order valence-corrected chi connectivity index (χ0v) is 14.5. The molecule has 0 unspecified atom stereocenters. The molecule has 3 aromatic heterocycles. The molecule has 4 rings (SSSR count). The third-order valence-corrected chi connectivity index (χ3v) is 4.64. The van der Waals surface area contributed by atoms with E-state index in [0.29, 0.717) is 23.8 Å². The Balaban J connectivity index is 1.60. The third-order valence-electron chi connectivity index (χ3n) is 4.64. The van der Waals surface area contributed by atoms with Gasteiger partial charge in [-0.1, -0.05) is 6.07 Å². The molecule has 0 amide bonds. The first-order valence-electron chi connectivity index (χ1n) is 8.84. The normalized spacial score (nSPS) is 20.3. The molecule has 1 fully saturated rings. The smallest absolute Gasteiger partial charge is 0.242 e. The standard InChI is InChI=1S/C18H20F2N6O/c19-17(20)7-11-1-3-13(22-8-11)15-4-2-12-9-23-18(25-26(12)15)24-14-5-6-21-10-16(14)27/h1-4,8-9,14,16-17,21,27H,5-7,10H2,(H,24,25)/t14-,16-/m1/s1. The van der Waals surface area contributed by atoms with Gasteiger partial charge in [0.05, 0.1) is 35.2 Å². The Morgan fingerprint density at radius 1 is 1.22 bits per heavy atom. The average Bonchev–Trinajstić information content (AvgIpc) is 3.07. The Bertz CT molecular complexity index is 914. The van der Waals surface area contributed by atoms with Gasteiger partial charge in [0.25, 0.3) is 0 Å². The fourth-order valence-corrected chi connectivity index (χ4v) is 3.21. The highest BCUT2D eigenvalue weighted by atomic mass is 19.3. The number of aromatic nitrogens is 4. The summed E-state index contributed by atoms with van der Waals surface area (Å²) in [4.78, 5) is 8.61. The van der Waals surface area contributed by atoms with Crippen molar-refractivity contribution in [3.8, 4) is 11.4 Å². The zero-order valence-electron chi connectivity index (χ0n) is 14.5. The molecule has 27 heavy (non-hydrogen) atoms. The van der Waals surface area contributed by atoms with Crippen LogP contribution in [0.2, 0.25) is 0 Å². The molecule has 142 valence electrons. The van der Waals surface area contributed by atoms with Gasteiger partial charge in [0.2, 0.25) is 12.4 Å². The molecule has 0 radical (unpaired) electrons. The molecule has 9 heteroatoms. The zero-order chi connectivity index (χ0) is 18.8. The van der Waals surface area contributed by atoms with E-state index in [9.17, 15) is 13.9 Å². The molecule has 0 aliphatic carbocycles. The molecule has 1 aliphatic heterocycles. The van der Waals surface area contributed by atoms with E-state index in [1.54, 1.807) is 22.8 Å². The molecule has 1 aliphatic rings. The number of aliphatic hydroxyl groups excluding tert-OH is 1. The van der Waals surface area contributed by atoms with Crippen molar-refractivity contribution in [1.29, 1.82) is 0 Å². The Kier molecular flexibility index (Phi) is 4.95. The largest absolute Gasteiger partial charge is 0.390 e. The van der Waals surface area contributed by atoms with Crippen LogP contribution in [-0.4, -0.2) is 56.3 Å². The average molecular weight is 374 g/mol. The van der Waals surface area contributed by atoms with Crippen LogP contribution in [0, 0.1) is 0 Å². The highest BCUT2D eigenvalue weighted by molar-refractivity contribution is 5.63. The molecule has 3 N–H and O–H groups in total. The minimum absolute atomic E-state index is 0.116. The van der Waals surface area contributed by atoms with E-state index in [2.05, 4.69) is 25.7 Å². The Morgan fingerprint density at radius 3 is 2.85 bits per heavy atom. The predicted molar refractivity (Wildman–Crippen MR) is 96.8 cm³/mol. The second-order valence-corrected chi connectivity index (χ2v) is 6.59. The van der Waals surface area contributed by atoms with E-state index in [1.165, 1.54) is 6.20 Å². The lowest BCUT2D eigenvalue weighted by atomic mass is 10.0. The minimum atomic E-state index is -2.39. The van der Waals surface area contributed by atoms with Crippen molar-refractivity contribution in [3.05, 3.63) is 42.2 Å². The summed E-state index contributed by atoms with van der Waals surface area (Å²) in [6.45, 7) is 1.35. The van der Waals surface area contributed by atoms with Crippen molar-refractivity contribution < 1.29 is 13.9 Å². The number of hydrogen-bond acceptors (Lipinski definition) is 6. The first kappa shape index (κ1) is 17.7. The molecule has 0 spiro atoms. The first-order chi connectivity index (χ1) is 13.1. The van der Waals surface area contributed by atoms with E-state index < -0.39 is 12.5 Å². The number of nitrogens with zero attached hydrogens (tertiary/aromatic N) is 4. The Hall–Kier alpha value is -2.65. The summed E-state index contributed by atoms with van der Waals surface area (Å²) in [6.07, 6.45) is 0.722. The van der Waals surface area contributed by atoms with E-state index in [-0.39, 0.29) is 12.5 Å². The maximum Gasteiger partial charge on any atom is 0.242 e. The SMILES string of the molecule is O[C@@H]1CNCC[C@H]1Nc1ncc2ccc(-c3ccc(CC(F)F)cn3)n2n1. The number of alkyl halides is 2. The number of fused-ring (bicyclic) bond motifs is 1. The van der Waals surface area contributed by atoms with Gasteiger partial charge in [0, 0.05) is 19.2 Å². The maximum atomic E-state index is 12.5. The molecule has 4 heterocycles. The molecular formula is C18H20F2N6O. The summed E-state index contributed by atoms with van der Waals surface area (Å²) in [5.74, 6) is 0.417. The number of halogens is 2. The summed E-state index contributed by atoms with van der Waals surface area (Å²) < 4.78 is 26.7. The lowest BCUT2D eigenvalue weighted by Crippen LogP contribution is -2.47. The molecule has 2 atom stereocenters. The number of piperidine rings is 1. The van der Waals surface area contributed by atoms with Crippen LogP contribution in [0.15, 0.2) is 36.7 Å². The quantitative estimate of drug-likeness (QED) is 0.631. The van der Waals surface area contributed by atoms with Gasteiger partial charge < -0.3 is 15.7 Å². The summed E-state index contributed by atoms with van der Waals surface area (Å²) in [7, 11) is 0. The van der Waals surface area contributed by atoms with Crippen LogP contribution in [0.1, 0.15) is 12.0 Å². The van der Waals surface area contributed by atoms with Crippen molar-refractivity contribution in [2.24, 2.45) is 0 Å². The van der Waals surface area contributed by atoms with E-state index in [0.717, 1.165) is 24.2 Å². The van der Waals surface area contributed by atoms with Crippen molar-refractivity contribution in [3.63, 3.8) is 0 Å². The molecule has 1 saturated heterocycles. The fourth-order valence-electron chi connectivity index (χ4n) is 3.21. The second kappa shape index (κ2) is 7.53.